The lowest BCUT2D eigenvalue weighted by Gasteiger charge is -2.44. The van der Waals surface area contributed by atoms with Gasteiger partial charge in [0.1, 0.15) is 11.3 Å². The van der Waals surface area contributed by atoms with E-state index in [0.29, 0.717) is 24.4 Å². The minimum atomic E-state index is -0.762. The molecule has 162 valence electrons. The molecule has 6 nitrogen and oxygen atoms in total. The van der Waals surface area contributed by atoms with Crippen LogP contribution in [0.25, 0.3) is 0 Å². The van der Waals surface area contributed by atoms with Crippen molar-refractivity contribution in [2.24, 2.45) is 5.92 Å². The molecule has 0 saturated heterocycles. The van der Waals surface area contributed by atoms with E-state index in [-0.39, 0.29) is 24.4 Å². The molecule has 2 saturated carbocycles. The Morgan fingerprint density at radius 1 is 1.16 bits per heavy atom. The van der Waals surface area contributed by atoms with Gasteiger partial charge in [-0.25, -0.2) is 0 Å². The van der Waals surface area contributed by atoms with E-state index in [0.717, 1.165) is 37.1 Å². The number of anilines is 2. The summed E-state index contributed by atoms with van der Waals surface area (Å²) in [4.78, 5) is 28.5. The number of benzene rings is 2. The summed E-state index contributed by atoms with van der Waals surface area (Å²) < 4.78 is 5.28. The number of fused-ring (bicyclic) bond motifs is 1. The molecule has 3 aliphatic rings. The third-order valence-electron chi connectivity index (χ3n) is 6.97. The van der Waals surface area contributed by atoms with Gasteiger partial charge in [0.25, 0.3) is 5.91 Å². The summed E-state index contributed by atoms with van der Waals surface area (Å²) in [6.45, 7) is 0.205. The molecule has 5 rings (SSSR count). The van der Waals surface area contributed by atoms with Gasteiger partial charge in [-0.05, 0) is 61.4 Å². The average Bonchev–Trinajstić information content (AvgIpc) is 3.52. The Morgan fingerprint density at radius 3 is 2.55 bits per heavy atom. The average molecular weight is 420 g/mol. The molecule has 2 N–H and O–H groups in total. The van der Waals surface area contributed by atoms with Crippen LogP contribution in [-0.2, 0) is 9.59 Å². The fraction of sp³-hybridized carbons (Fsp3) is 0.440. The molecular weight excluding hydrogens is 390 g/mol. The number of ether oxygens (including phenoxy) is 1. The van der Waals surface area contributed by atoms with Crippen molar-refractivity contribution >= 4 is 23.2 Å². The van der Waals surface area contributed by atoms with Crippen LogP contribution in [0, 0.1) is 5.92 Å². The van der Waals surface area contributed by atoms with E-state index in [4.69, 9.17) is 4.74 Å². The highest BCUT2D eigenvalue weighted by Gasteiger charge is 2.52. The summed E-state index contributed by atoms with van der Waals surface area (Å²) in [6.07, 6.45) is 5.67. The molecule has 1 aliphatic heterocycles. The number of hydrogen-bond donors (Lipinski definition) is 2. The first-order valence-corrected chi connectivity index (χ1v) is 11.2. The first-order valence-electron chi connectivity index (χ1n) is 11.2. The van der Waals surface area contributed by atoms with Crippen LogP contribution in [0.5, 0.6) is 5.75 Å². The smallest absolute Gasteiger partial charge is 0.250 e. The van der Waals surface area contributed by atoms with Gasteiger partial charge in [-0.3, -0.25) is 14.5 Å². The van der Waals surface area contributed by atoms with Crippen LogP contribution in [0.1, 0.15) is 50.1 Å². The Balaban J connectivity index is 1.39. The maximum atomic E-state index is 13.6. The zero-order chi connectivity index (χ0) is 21.4. The van der Waals surface area contributed by atoms with Crippen molar-refractivity contribution < 1.29 is 14.3 Å². The van der Waals surface area contributed by atoms with Crippen molar-refractivity contribution in [3.8, 4) is 5.75 Å². The number of methoxy groups -OCH3 is 1. The normalized spacial score (nSPS) is 20.3. The van der Waals surface area contributed by atoms with Crippen LogP contribution in [-0.4, -0.2) is 31.0 Å². The van der Waals surface area contributed by atoms with Gasteiger partial charge in [-0.1, -0.05) is 37.1 Å². The van der Waals surface area contributed by atoms with Crippen LogP contribution >= 0.6 is 0 Å². The molecule has 0 aromatic heterocycles. The molecule has 2 amide bonds. The van der Waals surface area contributed by atoms with Gasteiger partial charge in [-0.2, -0.15) is 0 Å². The molecule has 1 spiro atoms. The van der Waals surface area contributed by atoms with Crippen molar-refractivity contribution in [3.63, 3.8) is 0 Å². The van der Waals surface area contributed by atoms with E-state index in [1.165, 1.54) is 5.56 Å². The van der Waals surface area contributed by atoms with E-state index in [2.05, 4.69) is 22.8 Å². The predicted molar refractivity (Wildman–Crippen MR) is 120 cm³/mol. The predicted octanol–water partition coefficient (Wildman–Crippen LogP) is 4.03. The van der Waals surface area contributed by atoms with Crippen LogP contribution in [0.3, 0.4) is 0 Å². The van der Waals surface area contributed by atoms with Crippen molar-refractivity contribution in [2.45, 2.75) is 50.1 Å². The third kappa shape index (κ3) is 3.59. The minimum absolute atomic E-state index is 0.0386. The van der Waals surface area contributed by atoms with Gasteiger partial charge in [-0.15, -0.1) is 0 Å². The fourth-order valence-electron chi connectivity index (χ4n) is 5.20. The minimum Gasteiger partial charge on any atom is -0.497 e. The van der Waals surface area contributed by atoms with Gasteiger partial charge in [0.05, 0.1) is 25.0 Å². The lowest BCUT2D eigenvalue weighted by molar-refractivity contribution is -0.127. The second-order valence-electron chi connectivity index (χ2n) is 8.91. The summed E-state index contributed by atoms with van der Waals surface area (Å²) in [7, 11) is 1.66. The number of amides is 2. The van der Waals surface area contributed by atoms with Crippen molar-refractivity contribution in [2.75, 3.05) is 23.9 Å². The van der Waals surface area contributed by atoms with Gasteiger partial charge >= 0.3 is 0 Å². The lowest BCUT2D eigenvalue weighted by atomic mass is 9.89. The quantitative estimate of drug-likeness (QED) is 0.742. The van der Waals surface area contributed by atoms with Crippen molar-refractivity contribution in [1.29, 1.82) is 0 Å². The monoisotopic (exact) mass is 419 g/mol. The highest BCUT2D eigenvalue weighted by atomic mass is 16.5. The summed E-state index contributed by atoms with van der Waals surface area (Å²) in [5.74, 6) is 1.28. The highest BCUT2D eigenvalue weighted by molar-refractivity contribution is 6.15. The Bertz CT molecular complexity index is 978. The molecule has 2 aliphatic carbocycles. The molecular formula is C25H29N3O3. The topological polar surface area (TPSA) is 70.7 Å². The summed E-state index contributed by atoms with van der Waals surface area (Å²) in [6, 6.07) is 15.8. The van der Waals surface area contributed by atoms with E-state index in [1.54, 1.807) is 12.0 Å². The number of nitrogens with zero attached hydrogens (tertiary/aromatic N) is 1. The standard InChI is InChI=1S/C25H29N3O3/c1-31-19-12-10-18(11-13-19)23(17-8-9-17)26-16-22(29)28-21-7-3-2-6-20(21)27-24(30)25(28)14-4-5-15-25/h2-3,6-7,10-13,17,23,26H,4-5,8-9,14-16H2,1H3,(H,27,30). The molecule has 1 heterocycles. The molecule has 1 atom stereocenters. The van der Waals surface area contributed by atoms with Crippen molar-refractivity contribution in [1.82, 2.24) is 5.32 Å². The first-order chi connectivity index (χ1) is 15.1. The molecule has 0 bridgehead atoms. The first kappa shape index (κ1) is 20.1. The zero-order valence-corrected chi connectivity index (χ0v) is 17.9. The van der Waals surface area contributed by atoms with Gasteiger partial charge in [0.2, 0.25) is 5.91 Å². The largest absolute Gasteiger partial charge is 0.497 e. The second-order valence-corrected chi connectivity index (χ2v) is 8.91. The summed E-state index contributed by atoms with van der Waals surface area (Å²) in [5, 5.41) is 6.56. The SMILES string of the molecule is COc1ccc(C(NCC(=O)N2c3ccccc3NC(=O)C23CCCC3)C2CC2)cc1. The molecule has 0 radical (unpaired) electrons. The molecule has 2 aromatic rings. The maximum absolute atomic E-state index is 13.6. The number of para-hydroxylation sites is 2. The molecule has 6 heteroatoms. The van der Waals surface area contributed by atoms with E-state index in [9.17, 15) is 9.59 Å². The summed E-state index contributed by atoms with van der Waals surface area (Å²) >= 11 is 0. The Hall–Kier alpha value is -2.86. The Labute approximate surface area is 183 Å². The molecule has 1 unspecified atom stereocenters. The van der Waals surface area contributed by atoms with Crippen molar-refractivity contribution in [3.05, 3.63) is 54.1 Å². The summed E-state index contributed by atoms with van der Waals surface area (Å²) in [5.41, 5.74) is 1.93. The van der Waals surface area contributed by atoms with E-state index < -0.39 is 5.54 Å². The second kappa shape index (κ2) is 8.00. The molecule has 2 aromatic carbocycles. The van der Waals surface area contributed by atoms with Gasteiger partial charge < -0.3 is 15.4 Å². The van der Waals surface area contributed by atoms with E-state index in [1.807, 2.05) is 36.4 Å². The zero-order valence-electron chi connectivity index (χ0n) is 17.9. The Morgan fingerprint density at radius 2 is 1.87 bits per heavy atom. The number of nitrogens with one attached hydrogen (secondary N) is 2. The fourth-order valence-corrected chi connectivity index (χ4v) is 5.20. The van der Waals surface area contributed by atoms with Crippen LogP contribution in [0.15, 0.2) is 48.5 Å². The van der Waals surface area contributed by atoms with Crippen LogP contribution in [0.4, 0.5) is 11.4 Å². The molecule has 2 fully saturated rings. The van der Waals surface area contributed by atoms with Gasteiger partial charge in [0.15, 0.2) is 0 Å². The van der Waals surface area contributed by atoms with Crippen LogP contribution < -0.4 is 20.3 Å². The number of carbonyl (C=O) groups is 2. The maximum Gasteiger partial charge on any atom is 0.250 e. The van der Waals surface area contributed by atoms with Gasteiger partial charge in [0, 0.05) is 6.04 Å². The Kier molecular flexibility index (Phi) is 5.18. The highest BCUT2D eigenvalue weighted by Crippen LogP contribution is 2.45. The van der Waals surface area contributed by atoms with E-state index >= 15 is 0 Å². The third-order valence-corrected chi connectivity index (χ3v) is 6.97. The molecule has 31 heavy (non-hydrogen) atoms. The lowest BCUT2D eigenvalue weighted by Crippen LogP contribution is -2.62. The number of hydrogen-bond acceptors (Lipinski definition) is 4. The number of carbonyl (C=O) groups excluding carboxylic acids is 2. The number of rotatable bonds is 6. The van der Waals surface area contributed by atoms with Crippen LogP contribution in [0.2, 0.25) is 0 Å².